The van der Waals surface area contributed by atoms with Crippen molar-refractivity contribution in [1.82, 2.24) is 0 Å². The lowest BCUT2D eigenvalue weighted by atomic mass is 10.1. The molecule has 1 N–H and O–H groups in total. The van der Waals surface area contributed by atoms with Crippen molar-refractivity contribution in [2.45, 2.75) is 27.4 Å². The van der Waals surface area contributed by atoms with E-state index in [0.29, 0.717) is 21.8 Å². The number of benzene rings is 2. The standard InChI is InChI=1S/C18H18ClNO3/c1-11-5-4-6-14(7-11)10-23-18(22)15-9-16(19)17(8-12(15)2)20-13(3)21/h4-9H,10H2,1-3H3,(H,20,21). The fourth-order valence-corrected chi connectivity index (χ4v) is 2.43. The number of carbonyl (C=O) groups is 2. The monoisotopic (exact) mass is 331 g/mol. The number of aryl methyl sites for hydroxylation is 2. The predicted octanol–water partition coefficient (Wildman–Crippen LogP) is 4.27. The fraction of sp³-hybridized carbons (Fsp3) is 0.222. The number of amides is 1. The van der Waals surface area contributed by atoms with E-state index in [1.54, 1.807) is 13.0 Å². The molecule has 2 rings (SSSR count). The van der Waals surface area contributed by atoms with Crippen LogP contribution in [-0.2, 0) is 16.1 Å². The van der Waals surface area contributed by atoms with Gasteiger partial charge in [-0.2, -0.15) is 0 Å². The van der Waals surface area contributed by atoms with Crippen LogP contribution in [0.3, 0.4) is 0 Å². The molecular weight excluding hydrogens is 314 g/mol. The zero-order valence-electron chi connectivity index (χ0n) is 13.3. The molecule has 0 bridgehead atoms. The van der Waals surface area contributed by atoms with Gasteiger partial charge in [-0.15, -0.1) is 0 Å². The molecule has 5 heteroatoms. The highest BCUT2D eigenvalue weighted by atomic mass is 35.5. The maximum atomic E-state index is 12.2. The molecule has 0 atom stereocenters. The highest BCUT2D eigenvalue weighted by molar-refractivity contribution is 6.34. The van der Waals surface area contributed by atoms with E-state index in [4.69, 9.17) is 16.3 Å². The second kappa shape index (κ2) is 7.29. The van der Waals surface area contributed by atoms with Gasteiger partial charge in [0.15, 0.2) is 0 Å². The van der Waals surface area contributed by atoms with Crippen LogP contribution in [0.4, 0.5) is 5.69 Å². The molecule has 2 aromatic rings. The van der Waals surface area contributed by atoms with Gasteiger partial charge in [-0.05, 0) is 37.1 Å². The minimum atomic E-state index is -0.444. The number of nitrogens with one attached hydrogen (secondary N) is 1. The number of carbonyl (C=O) groups excluding carboxylic acids is 2. The van der Waals surface area contributed by atoms with Crippen molar-refractivity contribution in [3.63, 3.8) is 0 Å². The van der Waals surface area contributed by atoms with Crippen molar-refractivity contribution in [2.24, 2.45) is 0 Å². The first-order valence-corrected chi connectivity index (χ1v) is 7.55. The average molecular weight is 332 g/mol. The predicted molar refractivity (Wildman–Crippen MR) is 90.8 cm³/mol. The molecule has 0 fully saturated rings. The first-order chi connectivity index (χ1) is 10.9. The summed E-state index contributed by atoms with van der Waals surface area (Å²) in [6, 6.07) is 10.9. The van der Waals surface area contributed by atoms with Crippen molar-refractivity contribution < 1.29 is 14.3 Å². The van der Waals surface area contributed by atoms with Crippen LogP contribution in [0.2, 0.25) is 5.02 Å². The third-order valence-corrected chi connectivity index (χ3v) is 3.61. The Hall–Kier alpha value is -2.33. The van der Waals surface area contributed by atoms with Gasteiger partial charge < -0.3 is 10.1 Å². The third-order valence-electron chi connectivity index (χ3n) is 3.30. The van der Waals surface area contributed by atoms with Crippen molar-refractivity contribution in [2.75, 3.05) is 5.32 Å². The number of rotatable bonds is 4. The van der Waals surface area contributed by atoms with Gasteiger partial charge in [0.2, 0.25) is 5.91 Å². The molecule has 0 aliphatic rings. The molecule has 0 heterocycles. The molecule has 23 heavy (non-hydrogen) atoms. The molecule has 0 radical (unpaired) electrons. The Kier molecular flexibility index (Phi) is 5.40. The summed E-state index contributed by atoms with van der Waals surface area (Å²) in [4.78, 5) is 23.4. The lowest BCUT2D eigenvalue weighted by Gasteiger charge is -2.11. The lowest BCUT2D eigenvalue weighted by molar-refractivity contribution is -0.114. The molecule has 120 valence electrons. The van der Waals surface area contributed by atoms with Crippen LogP contribution in [-0.4, -0.2) is 11.9 Å². The van der Waals surface area contributed by atoms with Crippen molar-refractivity contribution in [3.8, 4) is 0 Å². The summed E-state index contributed by atoms with van der Waals surface area (Å²) in [5, 5.41) is 2.92. The van der Waals surface area contributed by atoms with E-state index in [9.17, 15) is 9.59 Å². The van der Waals surface area contributed by atoms with Crippen molar-refractivity contribution in [1.29, 1.82) is 0 Å². The molecule has 4 nitrogen and oxygen atoms in total. The number of hydrogen-bond acceptors (Lipinski definition) is 3. The molecule has 1 amide bonds. The van der Waals surface area contributed by atoms with Crippen molar-refractivity contribution in [3.05, 3.63) is 63.7 Å². The summed E-state index contributed by atoms with van der Waals surface area (Å²) in [7, 11) is 0. The van der Waals surface area contributed by atoms with E-state index in [2.05, 4.69) is 5.32 Å². The zero-order chi connectivity index (χ0) is 17.0. The van der Waals surface area contributed by atoms with Crippen LogP contribution in [0, 0.1) is 13.8 Å². The minimum Gasteiger partial charge on any atom is -0.457 e. The number of hydrogen-bond donors (Lipinski definition) is 1. The largest absolute Gasteiger partial charge is 0.457 e. The number of halogens is 1. The van der Waals surface area contributed by atoms with Crippen LogP contribution in [0.25, 0.3) is 0 Å². The number of esters is 1. The van der Waals surface area contributed by atoms with Crippen LogP contribution in [0.1, 0.15) is 34.0 Å². The van der Waals surface area contributed by atoms with Gasteiger partial charge in [0.05, 0.1) is 16.3 Å². The lowest BCUT2D eigenvalue weighted by Crippen LogP contribution is -2.10. The summed E-state index contributed by atoms with van der Waals surface area (Å²) in [6.07, 6.45) is 0. The molecular formula is C18H18ClNO3. The normalized spacial score (nSPS) is 10.3. The minimum absolute atomic E-state index is 0.199. The Balaban J connectivity index is 2.13. The molecule has 0 aromatic heterocycles. The maximum Gasteiger partial charge on any atom is 0.338 e. The summed E-state index contributed by atoms with van der Waals surface area (Å²) in [5.41, 5.74) is 3.59. The van der Waals surface area contributed by atoms with E-state index in [-0.39, 0.29) is 12.5 Å². The highest BCUT2D eigenvalue weighted by Gasteiger charge is 2.14. The number of anilines is 1. The highest BCUT2D eigenvalue weighted by Crippen LogP contribution is 2.26. The van der Waals surface area contributed by atoms with Gasteiger partial charge in [0.1, 0.15) is 6.61 Å². The van der Waals surface area contributed by atoms with Gasteiger partial charge in [-0.1, -0.05) is 41.4 Å². The summed E-state index contributed by atoms with van der Waals surface area (Å²) >= 11 is 6.10. The van der Waals surface area contributed by atoms with Crippen LogP contribution in [0.5, 0.6) is 0 Å². The molecule has 0 saturated carbocycles. The molecule has 0 spiro atoms. The van der Waals surface area contributed by atoms with E-state index in [1.165, 1.54) is 13.0 Å². The van der Waals surface area contributed by atoms with Gasteiger partial charge in [0, 0.05) is 6.92 Å². The quantitative estimate of drug-likeness (QED) is 0.851. The summed E-state index contributed by atoms with van der Waals surface area (Å²) in [5.74, 6) is -0.665. The van der Waals surface area contributed by atoms with Crippen molar-refractivity contribution >= 4 is 29.2 Å². The molecule has 0 aliphatic heterocycles. The van der Waals surface area contributed by atoms with Gasteiger partial charge >= 0.3 is 5.97 Å². The van der Waals surface area contributed by atoms with E-state index >= 15 is 0 Å². The van der Waals surface area contributed by atoms with Gasteiger partial charge in [0.25, 0.3) is 0 Å². The molecule has 0 unspecified atom stereocenters. The average Bonchev–Trinajstić information content (AvgIpc) is 2.48. The first kappa shape index (κ1) is 17.0. The van der Waals surface area contributed by atoms with Crippen LogP contribution in [0.15, 0.2) is 36.4 Å². The smallest absolute Gasteiger partial charge is 0.338 e. The Morgan fingerprint density at radius 2 is 1.91 bits per heavy atom. The number of ether oxygens (including phenoxy) is 1. The summed E-state index contributed by atoms with van der Waals surface area (Å²) < 4.78 is 5.34. The fourth-order valence-electron chi connectivity index (χ4n) is 2.22. The Morgan fingerprint density at radius 3 is 2.57 bits per heavy atom. The Bertz CT molecular complexity index is 756. The van der Waals surface area contributed by atoms with E-state index in [0.717, 1.165) is 11.1 Å². The van der Waals surface area contributed by atoms with E-state index in [1.807, 2.05) is 31.2 Å². The first-order valence-electron chi connectivity index (χ1n) is 7.17. The van der Waals surface area contributed by atoms with Crippen LogP contribution >= 0.6 is 11.6 Å². The van der Waals surface area contributed by atoms with E-state index < -0.39 is 5.97 Å². The van der Waals surface area contributed by atoms with Gasteiger partial charge in [-0.25, -0.2) is 4.79 Å². The summed E-state index contributed by atoms with van der Waals surface area (Å²) in [6.45, 7) is 5.35. The van der Waals surface area contributed by atoms with Gasteiger partial charge in [-0.3, -0.25) is 4.79 Å². The second-order valence-electron chi connectivity index (χ2n) is 5.39. The SMILES string of the molecule is CC(=O)Nc1cc(C)c(C(=O)OCc2cccc(C)c2)cc1Cl. The topological polar surface area (TPSA) is 55.4 Å². The molecule has 0 saturated heterocycles. The molecule has 2 aromatic carbocycles. The van der Waals surface area contributed by atoms with Crippen LogP contribution < -0.4 is 5.32 Å². The molecule has 0 aliphatic carbocycles. The third kappa shape index (κ3) is 4.57. The Labute approximate surface area is 140 Å². The maximum absolute atomic E-state index is 12.2. The Morgan fingerprint density at radius 1 is 1.17 bits per heavy atom. The second-order valence-corrected chi connectivity index (χ2v) is 5.80. The zero-order valence-corrected chi connectivity index (χ0v) is 14.0.